The van der Waals surface area contributed by atoms with Gasteiger partial charge >= 0.3 is 0 Å². The number of nitro benzene ring substituents is 1. The Labute approximate surface area is 125 Å². The van der Waals surface area contributed by atoms with Crippen LogP contribution in [0.15, 0.2) is 53.6 Å². The normalized spacial score (nSPS) is 10.5. The van der Waals surface area contributed by atoms with Crippen molar-refractivity contribution in [2.45, 2.75) is 0 Å². The van der Waals surface area contributed by atoms with Crippen LogP contribution in [0.25, 0.3) is 0 Å². The molecule has 2 aromatic rings. The Balaban J connectivity index is 2.09. The number of nitrogens with one attached hydrogen (secondary N) is 1. The van der Waals surface area contributed by atoms with Gasteiger partial charge in [0.25, 0.3) is 11.6 Å². The number of benzene rings is 2. The van der Waals surface area contributed by atoms with Crippen LogP contribution in [-0.2, 0) is 0 Å². The molecule has 0 saturated carbocycles. The summed E-state index contributed by atoms with van der Waals surface area (Å²) in [6, 6.07) is 12.5. The van der Waals surface area contributed by atoms with E-state index in [0.717, 1.165) is 0 Å². The van der Waals surface area contributed by atoms with Gasteiger partial charge in [-0.3, -0.25) is 14.9 Å². The summed E-state index contributed by atoms with van der Waals surface area (Å²) in [6.07, 6.45) is 1.22. The van der Waals surface area contributed by atoms with E-state index in [0.29, 0.717) is 16.1 Å². The van der Waals surface area contributed by atoms with Crippen molar-refractivity contribution >= 4 is 29.4 Å². The Morgan fingerprint density at radius 2 is 2.00 bits per heavy atom. The maximum Gasteiger partial charge on any atom is 0.278 e. The van der Waals surface area contributed by atoms with Crippen molar-refractivity contribution in [1.29, 1.82) is 0 Å². The van der Waals surface area contributed by atoms with Crippen molar-refractivity contribution in [1.82, 2.24) is 5.43 Å². The Kier molecular flexibility index (Phi) is 4.63. The van der Waals surface area contributed by atoms with Gasteiger partial charge in [0.15, 0.2) is 0 Å². The number of carbonyl (C=O) groups excluding carboxylic acids is 1. The van der Waals surface area contributed by atoms with E-state index in [2.05, 4.69) is 10.5 Å². The number of para-hydroxylation sites is 1. The van der Waals surface area contributed by atoms with Crippen LogP contribution < -0.4 is 5.43 Å². The monoisotopic (exact) mass is 303 g/mol. The second-order valence-corrected chi connectivity index (χ2v) is 4.46. The van der Waals surface area contributed by atoms with Gasteiger partial charge in [-0.1, -0.05) is 29.8 Å². The second-order valence-electron chi connectivity index (χ2n) is 4.03. The Hall–Kier alpha value is -2.73. The molecule has 0 spiro atoms. The smallest absolute Gasteiger partial charge is 0.267 e. The lowest BCUT2D eigenvalue weighted by atomic mass is 10.2. The average Bonchev–Trinajstić information content (AvgIpc) is 2.47. The largest absolute Gasteiger partial charge is 0.278 e. The first kappa shape index (κ1) is 14.7. The molecule has 0 saturated heterocycles. The lowest BCUT2D eigenvalue weighted by molar-refractivity contribution is -0.385. The molecule has 1 N–H and O–H groups in total. The minimum Gasteiger partial charge on any atom is -0.267 e. The zero-order chi connectivity index (χ0) is 15.2. The van der Waals surface area contributed by atoms with E-state index in [9.17, 15) is 14.9 Å². The summed E-state index contributed by atoms with van der Waals surface area (Å²) < 4.78 is 0. The van der Waals surface area contributed by atoms with Crippen LogP contribution in [0.5, 0.6) is 0 Å². The summed E-state index contributed by atoms with van der Waals surface area (Å²) >= 11 is 5.78. The number of hydrogen-bond acceptors (Lipinski definition) is 4. The third kappa shape index (κ3) is 3.87. The number of hydrazone groups is 1. The molecule has 0 aliphatic heterocycles. The highest BCUT2D eigenvalue weighted by atomic mass is 35.5. The summed E-state index contributed by atoms with van der Waals surface area (Å²) in [5.41, 5.74) is 2.85. The summed E-state index contributed by atoms with van der Waals surface area (Å²) in [5.74, 6) is -0.452. The zero-order valence-corrected chi connectivity index (χ0v) is 11.4. The average molecular weight is 304 g/mol. The van der Waals surface area contributed by atoms with Crippen LogP contribution in [0.1, 0.15) is 15.9 Å². The third-order valence-corrected chi connectivity index (χ3v) is 2.83. The Bertz CT molecular complexity index is 716. The predicted octanol–water partition coefficient (Wildman–Crippen LogP) is 3.01. The van der Waals surface area contributed by atoms with E-state index in [1.165, 1.54) is 24.4 Å². The molecule has 0 unspecified atom stereocenters. The fraction of sp³-hybridized carbons (Fsp3) is 0. The van der Waals surface area contributed by atoms with Crippen LogP contribution >= 0.6 is 11.6 Å². The first-order valence-electron chi connectivity index (χ1n) is 5.90. The molecule has 0 aliphatic rings. The molecule has 2 aromatic carbocycles. The number of nitrogens with zero attached hydrogens (tertiary/aromatic N) is 2. The molecule has 0 atom stereocenters. The highest BCUT2D eigenvalue weighted by Gasteiger charge is 2.10. The van der Waals surface area contributed by atoms with Crippen molar-refractivity contribution in [2.75, 3.05) is 0 Å². The molecular weight excluding hydrogens is 294 g/mol. The molecule has 0 heterocycles. The van der Waals surface area contributed by atoms with Gasteiger partial charge in [-0.15, -0.1) is 0 Å². The summed E-state index contributed by atoms with van der Waals surface area (Å²) in [4.78, 5) is 22.1. The Morgan fingerprint density at radius 1 is 1.24 bits per heavy atom. The van der Waals surface area contributed by atoms with Gasteiger partial charge in [0.1, 0.15) is 0 Å². The fourth-order valence-electron chi connectivity index (χ4n) is 1.62. The van der Waals surface area contributed by atoms with Gasteiger partial charge in [0.2, 0.25) is 0 Å². The molecule has 6 nitrogen and oxygen atoms in total. The first-order valence-corrected chi connectivity index (χ1v) is 6.28. The molecule has 2 rings (SSSR count). The summed E-state index contributed by atoms with van der Waals surface area (Å²) in [6.45, 7) is 0. The van der Waals surface area contributed by atoms with E-state index in [-0.39, 0.29) is 5.69 Å². The van der Waals surface area contributed by atoms with E-state index in [1.54, 1.807) is 30.3 Å². The van der Waals surface area contributed by atoms with Crippen LogP contribution in [0.4, 0.5) is 5.69 Å². The molecule has 21 heavy (non-hydrogen) atoms. The molecule has 0 aliphatic carbocycles. The maximum absolute atomic E-state index is 11.8. The summed E-state index contributed by atoms with van der Waals surface area (Å²) in [7, 11) is 0. The number of rotatable bonds is 4. The van der Waals surface area contributed by atoms with Crippen LogP contribution in [0.2, 0.25) is 5.02 Å². The highest BCUT2D eigenvalue weighted by Crippen LogP contribution is 2.15. The van der Waals surface area contributed by atoms with Crippen LogP contribution in [0, 0.1) is 10.1 Å². The van der Waals surface area contributed by atoms with Crippen molar-refractivity contribution in [2.24, 2.45) is 5.10 Å². The second kappa shape index (κ2) is 6.62. The third-order valence-electron chi connectivity index (χ3n) is 2.59. The Morgan fingerprint density at radius 3 is 2.71 bits per heavy atom. The maximum atomic E-state index is 11.8. The van der Waals surface area contributed by atoms with E-state index >= 15 is 0 Å². The van der Waals surface area contributed by atoms with Crippen LogP contribution in [-0.4, -0.2) is 17.0 Å². The lowest BCUT2D eigenvalue weighted by Crippen LogP contribution is -2.17. The number of hydrogen-bond donors (Lipinski definition) is 1. The topological polar surface area (TPSA) is 84.6 Å². The molecular formula is C14H10ClN3O3. The van der Waals surface area contributed by atoms with Gasteiger partial charge in [-0.2, -0.15) is 5.10 Å². The number of nitro groups is 1. The van der Waals surface area contributed by atoms with Gasteiger partial charge in [0, 0.05) is 16.7 Å². The quantitative estimate of drug-likeness (QED) is 0.535. The zero-order valence-electron chi connectivity index (χ0n) is 10.7. The van der Waals surface area contributed by atoms with E-state index in [1.807, 2.05) is 0 Å². The molecule has 1 amide bonds. The van der Waals surface area contributed by atoms with Crippen molar-refractivity contribution in [3.05, 3.63) is 74.8 Å². The SMILES string of the molecule is O=C(N/N=C\c1ccccc1[N+](=O)[O-])c1cccc(Cl)c1. The van der Waals surface area contributed by atoms with E-state index in [4.69, 9.17) is 11.6 Å². The predicted molar refractivity (Wildman–Crippen MR) is 79.6 cm³/mol. The molecule has 0 radical (unpaired) electrons. The fourth-order valence-corrected chi connectivity index (χ4v) is 1.81. The molecule has 0 bridgehead atoms. The molecule has 0 aromatic heterocycles. The van der Waals surface area contributed by atoms with Crippen molar-refractivity contribution in [3.63, 3.8) is 0 Å². The van der Waals surface area contributed by atoms with Gasteiger partial charge < -0.3 is 0 Å². The lowest BCUT2D eigenvalue weighted by Gasteiger charge is -2.00. The minimum absolute atomic E-state index is 0.0849. The number of amides is 1. The van der Waals surface area contributed by atoms with Crippen molar-refractivity contribution < 1.29 is 9.72 Å². The number of carbonyl (C=O) groups is 1. The molecule has 0 fully saturated rings. The van der Waals surface area contributed by atoms with Gasteiger partial charge in [-0.25, -0.2) is 5.43 Å². The van der Waals surface area contributed by atoms with Gasteiger partial charge in [0.05, 0.1) is 16.7 Å². The number of halogens is 1. The first-order chi connectivity index (χ1) is 10.1. The molecule has 106 valence electrons. The minimum atomic E-state index is -0.514. The highest BCUT2D eigenvalue weighted by molar-refractivity contribution is 6.30. The van der Waals surface area contributed by atoms with Gasteiger partial charge in [-0.05, 0) is 24.3 Å². The van der Waals surface area contributed by atoms with Crippen molar-refractivity contribution in [3.8, 4) is 0 Å². The molecule has 7 heteroatoms. The standard InChI is InChI=1S/C14H10ClN3O3/c15-12-6-3-5-10(8-12)14(19)17-16-9-11-4-1-2-7-13(11)18(20)21/h1-9H,(H,17,19)/b16-9-. The van der Waals surface area contributed by atoms with E-state index < -0.39 is 10.8 Å². The summed E-state index contributed by atoms with van der Waals surface area (Å²) in [5, 5.41) is 15.0. The van der Waals surface area contributed by atoms with Crippen LogP contribution in [0.3, 0.4) is 0 Å².